The van der Waals surface area contributed by atoms with E-state index >= 15 is 0 Å². The Kier molecular flexibility index (Phi) is 6.40. The minimum Gasteiger partial charge on any atom is -0.0687 e. The van der Waals surface area contributed by atoms with Gasteiger partial charge in [0, 0.05) is 12.3 Å². The fourth-order valence-electron chi connectivity index (χ4n) is 2.51. The van der Waals surface area contributed by atoms with Crippen LogP contribution in [0, 0.1) is 0 Å². The van der Waals surface area contributed by atoms with Crippen molar-refractivity contribution >= 4 is 23.1 Å². The average molecular weight is 270 g/mol. The predicted octanol–water partition coefficient (Wildman–Crippen LogP) is 1.24. The highest BCUT2D eigenvalue weighted by molar-refractivity contribution is 6.95. The zero-order valence-electron chi connectivity index (χ0n) is 11.6. The molecule has 0 aliphatic heterocycles. The predicted molar refractivity (Wildman–Crippen MR) is 88.3 cm³/mol. The van der Waals surface area contributed by atoms with Gasteiger partial charge in [-0.1, -0.05) is 107 Å². The lowest BCUT2D eigenvalue weighted by Gasteiger charge is -2.15. The zero-order chi connectivity index (χ0) is 12.9. The van der Waals surface area contributed by atoms with Crippen molar-refractivity contribution in [3.05, 3.63) is 91.0 Å². The van der Waals surface area contributed by atoms with Gasteiger partial charge in [-0.3, -0.25) is 0 Å². The van der Waals surface area contributed by atoms with Crippen LogP contribution in [0.1, 0.15) is 0 Å². The van der Waals surface area contributed by atoms with Gasteiger partial charge < -0.3 is 0 Å². The van der Waals surface area contributed by atoms with Crippen LogP contribution >= 0.6 is 0 Å². The molecule has 0 aliphatic rings. The summed E-state index contributed by atoms with van der Waals surface area (Å²) in [4.78, 5) is 0. The van der Waals surface area contributed by atoms with Crippen molar-refractivity contribution in [1.82, 2.24) is 12.3 Å². The second-order valence-corrected chi connectivity index (χ2v) is 4.67. The maximum Gasteiger partial charge on any atom is 0.241 e. The highest BCUT2D eigenvalue weighted by atomic mass is 14.0. The van der Waals surface area contributed by atoms with E-state index < -0.39 is 0 Å². The van der Waals surface area contributed by atoms with Crippen molar-refractivity contribution in [2.45, 2.75) is 0 Å². The third-order valence-corrected chi connectivity index (χ3v) is 3.40. The zero-order valence-corrected chi connectivity index (χ0v) is 11.6. The fraction of sp³-hybridized carbons (Fsp3) is 0. The maximum atomic E-state index is 2.20. The van der Waals surface area contributed by atoms with Gasteiger partial charge in [0.05, 0.1) is 0 Å². The Hall–Kier alpha value is -2.36. The Morgan fingerprint density at radius 2 is 0.619 bits per heavy atom. The standard InChI is InChI=1S/C18H15B.2N/c1-4-10-16(11-5-1)19(17-12-6-2-7-13-17)18-14-8-3-9-15-18;;/h1-15H;;. The van der Waals surface area contributed by atoms with Crippen LogP contribution in [0.25, 0.3) is 0 Å². The molecule has 100 valence electrons. The highest BCUT2D eigenvalue weighted by Gasteiger charge is 2.20. The summed E-state index contributed by atoms with van der Waals surface area (Å²) in [6.45, 7) is 0.309. The Morgan fingerprint density at radius 3 is 0.857 bits per heavy atom. The second-order valence-electron chi connectivity index (χ2n) is 4.67. The van der Waals surface area contributed by atoms with E-state index in [1.54, 1.807) is 0 Å². The molecule has 6 radical (unpaired) electrons. The Morgan fingerprint density at radius 1 is 0.381 bits per heavy atom. The van der Waals surface area contributed by atoms with Crippen molar-refractivity contribution in [3.8, 4) is 0 Å². The minimum absolute atomic E-state index is 0. The fourth-order valence-corrected chi connectivity index (χ4v) is 2.51. The molecule has 3 heteroatoms. The molecule has 0 aliphatic carbocycles. The van der Waals surface area contributed by atoms with Crippen LogP contribution in [-0.4, -0.2) is 6.71 Å². The Bertz CT molecular complexity index is 533. The molecule has 2 nitrogen and oxygen atoms in total. The van der Waals surface area contributed by atoms with E-state index in [0.29, 0.717) is 6.71 Å². The van der Waals surface area contributed by atoms with Crippen LogP contribution in [0.3, 0.4) is 0 Å². The first-order valence-corrected chi connectivity index (χ1v) is 6.60. The third kappa shape index (κ3) is 3.82. The lowest BCUT2D eigenvalue weighted by Crippen LogP contribution is -2.51. The van der Waals surface area contributed by atoms with E-state index in [4.69, 9.17) is 0 Å². The lowest BCUT2D eigenvalue weighted by atomic mass is 9.37. The van der Waals surface area contributed by atoms with Crippen molar-refractivity contribution in [2.24, 2.45) is 0 Å². The molecule has 0 heterocycles. The van der Waals surface area contributed by atoms with Crippen LogP contribution in [0.15, 0.2) is 91.0 Å². The number of benzene rings is 3. The molecule has 0 saturated heterocycles. The Balaban J connectivity index is 0.00000110. The summed E-state index contributed by atoms with van der Waals surface area (Å²) in [6, 6.07) is 32.0. The number of hydrogen-bond acceptors (Lipinski definition) is 0. The van der Waals surface area contributed by atoms with Crippen LogP contribution < -0.4 is 28.7 Å². The SMILES string of the molecule is [N].[N].c1ccc(B(c2ccccc2)c2ccccc2)cc1. The van der Waals surface area contributed by atoms with Crippen LogP contribution in [0.5, 0.6) is 0 Å². The van der Waals surface area contributed by atoms with Gasteiger partial charge in [0.1, 0.15) is 0 Å². The molecular formula is C18H15BN2. The van der Waals surface area contributed by atoms with E-state index in [9.17, 15) is 0 Å². The average Bonchev–Trinajstić information content (AvgIpc) is 2.51. The molecule has 0 unspecified atom stereocenters. The summed E-state index contributed by atoms with van der Waals surface area (Å²) in [6.07, 6.45) is 0. The smallest absolute Gasteiger partial charge is 0.0687 e. The van der Waals surface area contributed by atoms with E-state index in [1.807, 2.05) is 0 Å². The van der Waals surface area contributed by atoms with Gasteiger partial charge in [0.25, 0.3) is 0 Å². The maximum absolute atomic E-state index is 2.20. The minimum atomic E-state index is 0. The van der Waals surface area contributed by atoms with E-state index in [1.165, 1.54) is 16.4 Å². The molecule has 0 spiro atoms. The van der Waals surface area contributed by atoms with E-state index in [0.717, 1.165) is 0 Å². The molecule has 0 aromatic heterocycles. The van der Waals surface area contributed by atoms with Gasteiger partial charge in [-0.15, -0.1) is 0 Å². The molecule has 3 aromatic carbocycles. The van der Waals surface area contributed by atoms with Crippen LogP contribution in [0.4, 0.5) is 0 Å². The first-order chi connectivity index (χ1) is 9.45. The number of nitrogens with zero attached hydrogens (tertiary/aromatic N) is 2. The monoisotopic (exact) mass is 270 g/mol. The van der Waals surface area contributed by atoms with Crippen molar-refractivity contribution in [3.63, 3.8) is 0 Å². The molecule has 3 aromatic rings. The van der Waals surface area contributed by atoms with E-state index in [-0.39, 0.29) is 12.3 Å². The van der Waals surface area contributed by atoms with Crippen LogP contribution in [0.2, 0.25) is 0 Å². The summed E-state index contributed by atoms with van der Waals surface area (Å²) in [7, 11) is 0. The Labute approximate surface area is 127 Å². The molecule has 21 heavy (non-hydrogen) atoms. The first-order valence-electron chi connectivity index (χ1n) is 6.60. The molecule has 0 fully saturated rings. The molecule has 0 atom stereocenters. The molecule has 0 saturated carbocycles. The van der Waals surface area contributed by atoms with E-state index in [2.05, 4.69) is 91.0 Å². The molecule has 0 amide bonds. The number of rotatable bonds is 3. The van der Waals surface area contributed by atoms with Gasteiger partial charge >= 0.3 is 0 Å². The lowest BCUT2D eigenvalue weighted by molar-refractivity contribution is 1.71. The van der Waals surface area contributed by atoms with Gasteiger partial charge in [-0.2, -0.15) is 0 Å². The van der Waals surface area contributed by atoms with Crippen molar-refractivity contribution < 1.29 is 0 Å². The topological polar surface area (TPSA) is 61.0 Å². The normalized spacial score (nSPS) is 9.14. The molecule has 3 rings (SSSR count). The summed E-state index contributed by atoms with van der Waals surface area (Å²) < 4.78 is 0. The molecular weight excluding hydrogens is 255 g/mol. The number of hydrogen-bond donors (Lipinski definition) is 0. The van der Waals surface area contributed by atoms with Gasteiger partial charge in [0.15, 0.2) is 0 Å². The molecule has 0 bridgehead atoms. The van der Waals surface area contributed by atoms with Crippen LogP contribution in [-0.2, 0) is 0 Å². The van der Waals surface area contributed by atoms with Crippen molar-refractivity contribution in [2.75, 3.05) is 0 Å². The summed E-state index contributed by atoms with van der Waals surface area (Å²) >= 11 is 0. The molecule has 0 N–H and O–H groups in total. The summed E-state index contributed by atoms with van der Waals surface area (Å²) in [5, 5.41) is 0. The quantitative estimate of drug-likeness (QED) is 0.643. The van der Waals surface area contributed by atoms with Crippen molar-refractivity contribution in [1.29, 1.82) is 0 Å². The van der Waals surface area contributed by atoms with Gasteiger partial charge in [0.2, 0.25) is 6.71 Å². The van der Waals surface area contributed by atoms with Gasteiger partial charge in [-0.05, 0) is 0 Å². The second kappa shape index (κ2) is 8.05. The van der Waals surface area contributed by atoms with Gasteiger partial charge in [-0.25, -0.2) is 0 Å². The highest BCUT2D eigenvalue weighted by Crippen LogP contribution is 1.95. The summed E-state index contributed by atoms with van der Waals surface area (Å²) in [5.41, 5.74) is 4.00. The third-order valence-electron chi connectivity index (χ3n) is 3.40. The first kappa shape index (κ1) is 16.7. The summed E-state index contributed by atoms with van der Waals surface area (Å²) in [5.74, 6) is 0. The largest absolute Gasteiger partial charge is 0.241 e.